The molecular weight excluding hydrogens is 245 g/mol. The van der Waals surface area contributed by atoms with Crippen LogP contribution in [0.15, 0.2) is 18.2 Å². The third kappa shape index (κ3) is 4.48. The summed E-state index contributed by atoms with van der Waals surface area (Å²) < 4.78 is 18.9. The summed E-state index contributed by atoms with van der Waals surface area (Å²) in [5, 5.41) is 13.3. The molecule has 1 aliphatic rings. The molecule has 19 heavy (non-hydrogen) atoms. The molecule has 0 amide bonds. The van der Waals surface area contributed by atoms with Crippen LogP contribution in [0, 0.1) is 5.82 Å². The molecule has 3 nitrogen and oxygen atoms in total. The van der Waals surface area contributed by atoms with Crippen molar-refractivity contribution in [2.45, 2.75) is 51.3 Å². The molecule has 1 atom stereocenters. The summed E-state index contributed by atoms with van der Waals surface area (Å²) in [6.45, 7) is 4.46. The van der Waals surface area contributed by atoms with Gasteiger partial charge in [-0.25, -0.2) is 4.39 Å². The Morgan fingerprint density at radius 2 is 2.21 bits per heavy atom. The van der Waals surface area contributed by atoms with Gasteiger partial charge in [0.05, 0.1) is 5.60 Å². The van der Waals surface area contributed by atoms with E-state index in [9.17, 15) is 9.50 Å². The lowest BCUT2D eigenvalue weighted by Crippen LogP contribution is -2.31. The second-order valence-electron chi connectivity index (χ2n) is 5.55. The number of halogens is 1. The molecule has 1 aromatic rings. The molecule has 0 aliphatic heterocycles. The maximum atomic E-state index is 13.3. The van der Waals surface area contributed by atoms with Gasteiger partial charge < -0.3 is 15.2 Å². The van der Waals surface area contributed by atoms with Crippen molar-refractivity contribution in [1.82, 2.24) is 5.32 Å². The first kappa shape index (κ1) is 14.3. The summed E-state index contributed by atoms with van der Waals surface area (Å²) >= 11 is 0. The Morgan fingerprint density at radius 1 is 1.47 bits per heavy atom. The summed E-state index contributed by atoms with van der Waals surface area (Å²) in [5.74, 6) is 0.380. The Bertz CT molecular complexity index is 430. The van der Waals surface area contributed by atoms with Crippen LogP contribution >= 0.6 is 0 Å². The van der Waals surface area contributed by atoms with Gasteiger partial charge in [-0.3, -0.25) is 0 Å². The number of benzene rings is 1. The van der Waals surface area contributed by atoms with E-state index in [1.807, 2.05) is 6.92 Å². The van der Waals surface area contributed by atoms with Crippen molar-refractivity contribution in [2.75, 3.05) is 6.61 Å². The Morgan fingerprint density at radius 3 is 2.84 bits per heavy atom. The zero-order chi connectivity index (χ0) is 13.9. The highest BCUT2D eigenvalue weighted by atomic mass is 19.1. The van der Waals surface area contributed by atoms with Gasteiger partial charge in [-0.1, -0.05) is 6.92 Å². The maximum absolute atomic E-state index is 13.3. The van der Waals surface area contributed by atoms with Crippen LogP contribution in [-0.2, 0) is 6.54 Å². The van der Waals surface area contributed by atoms with E-state index in [0.717, 1.165) is 5.56 Å². The standard InChI is InChI=1S/C15H22FNO2/c1-3-15(2,18)10-19-14-7-4-12(16)8-11(14)9-17-13-5-6-13/h4,7-8,13,17-18H,3,5-6,9-10H2,1-2H3. The van der Waals surface area contributed by atoms with Crippen molar-refractivity contribution in [3.8, 4) is 5.75 Å². The van der Waals surface area contributed by atoms with Crippen LogP contribution in [0.2, 0.25) is 0 Å². The number of nitrogens with one attached hydrogen (secondary N) is 1. The number of hydrogen-bond acceptors (Lipinski definition) is 3. The number of hydrogen-bond donors (Lipinski definition) is 2. The molecular formula is C15H22FNO2. The van der Waals surface area contributed by atoms with E-state index >= 15 is 0 Å². The molecule has 4 heteroatoms. The van der Waals surface area contributed by atoms with Crippen molar-refractivity contribution in [3.63, 3.8) is 0 Å². The molecule has 0 aromatic heterocycles. The van der Waals surface area contributed by atoms with Gasteiger partial charge in [-0.05, 0) is 44.4 Å². The summed E-state index contributed by atoms with van der Waals surface area (Å²) in [6, 6.07) is 5.07. The number of ether oxygens (including phenoxy) is 1. The van der Waals surface area contributed by atoms with Crippen LogP contribution in [0.5, 0.6) is 5.75 Å². The SMILES string of the molecule is CCC(C)(O)COc1ccc(F)cc1CNC1CC1. The lowest BCUT2D eigenvalue weighted by atomic mass is 10.1. The highest BCUT2D eigenvalue weighted by Gasteiger charge is 2.22. The maximum Gasteiger partial charge on any atom is 0.124 e. The first-order chi connectivity index (χ1) is 9.00. The fraction of sp³-hybridized carbons (Fsp3) is 0.600. The van der Waals surface area contributed by atoms with E-state index in [4.69, 9.17) is 4.74 Å². The fourth-order valence-electron chi connectivity index (χ4n) is 1.70. The summed E-state index contributed by atoms with van der Waals surface area (Å²) in [6.07, 6.45) is 3.00. The highest BCUT2D eigenvalue weighted by molar-refractivity contribution is 5.34. The van der Waals surface area contributed by atoms with Crippen molar-refractivity contribution in [3.05, 3.63) is 29.6 Å². The summed E-state index contributed by atoms with van der Waals surface area (Å²) in [5.41, 5.74) is -0.0472. The Balaban J connectivity index is 2.00. The Hall–Kier alpha value is -1.13. The van der Waals surface area contributed by atoms with Crippen LogP contribution < -0.4 is 10.1 Å². The van der Waals surface area contributed by atoms with Crippen LogP contribution in [0.3, 0.4) is 0 Å². The largest absolute Gasteiger partial charge is 0.490 e. The molecule has 0 radical (unpaired) electrons. The van der Waals surface area contributed by atoms with Gasteiger partial charge in [0.1, 0.15) is 18.2 Å². The zero-order valence-corrected chi connectivity index (χ0v) is 11.6. The lowest BCUT2D eigenvalue weighted by Gasteiger charge is -2.22. The average Bonchev–Trinajstić information content (AvgIpc) is 3.19. The molecule has 106 valence electrons. The van der Waals surface area contributed by atoms with Gasteiger partial charge in [0.2, 0.25) is 0 Å². The zero-order valence-electron chi connectivity index (χ0n) is 11.6. The molecule has 2 N–H and O–H groups in total. The van der Waals surface area contributed by atoms with Gasteiger partial charge in [0.25, 0.3) is 0 Å². The predicted octanol–water partition coefficient (Wildman–Crippen LogP) is 2.62. The van der Waals surface area contributed by atoms with Crippen molar-refractivity contribution < 1.29 is 14.2 Å². The summed E-state index contributed by atoms with van der Waals surface area (Å²) in [4.78, 5) is 0. The molecule has 0 bridgehead atoms. The topological polar surface area (TPSA) is 41.5 Å². The monoisotopic (exact) mass is 267 g/mol. The fourth-order valence-corrected chi connectivity index (χ4v) is 1.70. The quantitative estimate of drug-likeness (QED) is 0.798. The minimum Gasteiger partial charge on any atom is -0.490 e. The van der Waals surface area contributed by atoms with Crippen LogP contribution in [0.25, 0.3) is 0 Å². The van der Waals surface area contributed by atoms with Gasteiger partial charge in [0, 0.05) is 18.2 Å². The number of aliphatic hydroxyl groups is 1. The first-order valence-corrected chi connectivity index (χ1v) is 6.87. The van der Waals surface area contributed by atoms with E-state index in [0.29, 0.717) is 24.8 Å². The van der Waals surface area contributed by atoms with E-state index in [2.05, 4.69) is 5.32 Å². The highest BCUT2D eigenvalue weighted by Crippen LogP contribution is 2.24. The van der Waals surface area contributed by atoms with Gasteiger partial charge in [-0.2, -0.15) is 0 Å². The van der Waals surface area contributed by atoms with Crippen LogP contribution in [-0.4, -0.2) is 23.4 Å². The van der Waals surface area contributed by atoms with Gasteiger partial charge >= 0.3 is 0 Å². The molecule has 1 aromatic carbocycles. The first-order valence-electron chi connectivity index (χ1n) is 6.87. The molecule has 1 aliphatic carbocycles. The molecule has 2 rings (SSSR count). The van der Waals surface area contributed by atoms with Gasteiger partial charge in [-0.15, -0.1) is 0 Å². The number of rotatable bonds is 7. The second-order valence-corrected chi connectivity index (χ2v) is 5.55. The van der Waals surface area contributed by atoms with Gasteiger partial charge in [0.15, 0.2) is 0 Å². The van der Waals surface area contributed by atoms with Crippen molar-refractivity contribution in [1.29, 1.82) is 0 Å². The molecule has 1 unspecified atom stereocenters. The molecule has 0 heterocycles. The normalized spacial score (nSPS) is 18.1. The molecule has 0 saturated heterocycles. The summed E-state index contributed by atoms with van der Waals surface area (Å²) in [7, 11) is 0. The molecule has 0 spiro atoms. The minimum atomic E-state index is -0.852. The second kappa shape index (κ2) is 5.88. The van der Waals surface area contributed by atoms with E-state index in [1.54, 1.807) is 13.0 Å². The van der Waals surface area contributed by atoms with Crippen molar-refractivity contribution >= 4 is 0 Å². The average molecular weight is 267 g/mol. The Kier molecular flexibility index (Phi) is 4.42. The predicted molar refractivity (Wildman–Crippen MR) is 72.7 cm³/mol. The van der Waals surface area contributed by atoms with E-state index < -0.39 is 5.60 Å². The van der Waals surface area contributed by atoms with Crippen LogP contribution in [0.4, 0.5) is 4.39 Å². The Labute approximate surface area is 113 Å². The minimum absolute atomic E-state index is 0.214. The third-order valence-electron chi connectivity index (χ3n) is 3.48. The third-order valence-corrected chi connectivity index (χ3v) is 3.48. The van der Waals surface area contributed by atoms with Crippen LogP contribution in [0.1, 0.15) is 38.7 Å². The van der Waals surface area contributed by atoms with E-state index in [1.165, 1.54) is 25.0 Å². The van der Waals surface area contributed by atoms with E-state index in [-0.39, 0.29) is 12.4 Å². The lowest BCUT2D eigenvalue weighted by molar-refractivity contribution is 0.00814. The molecule has 1 saturated carbocycles. The van der Waals surface area contributed by atoms with Crippen molar-refractivity contribution in [2.24, 2.45) is 0 Å². The smallest absolute Gasteiger partial charge is 0.124 e. The molecule has 1 fully saturated rings.